The Morgan fingerprint density at radius 1 is 1.00 bits per heavy atom. The van der Waals surface area contributed by atoms with Crippen molar-refractivity contribution < 1.29 is 8.42 Å². The van der Waals surface area contributed by atoms with Crippen LogP contribution in [0.4, 0.5) is 0 Å². The molecule has 0 bridgehead atoms. The number of aromatic nitrogens is 4. The lowest BCUT2D eigenvalue weighted by Gasteiger charge is -2.07. The molecule has 19 heavy (non-hydrogen) atoms. The molecule has 2 aromatic heterocycles. The first-order valence-electron chi connectivity index (χ1n) is 5.65. The minimum Gasteiger partial charge on any atom is -0.271 e. The van der Waals surface area contributed by atoms with E-state index in [0.29, 0.717) is 27.2 Å². The van der Waals surface area contributed by atoms with E-state index in [2.05, 4.69) is 26.1 Å². The van der Waals surface area contributed by atoms with Gasteiger partial charge in [-0.05, 0) is 43.6 Å². The second-order valence-corrected chi connectivity index (χ2v) is 6.95. The lowest BCUT2D eigenvalue weighted by atomic mass is 10.4. The summed E-state index contributed by atoms with van der Waals surface area (Å²) in [5.74, 6) is 0. The van der Waals surface area contributed by atoms with Crippen molar-refractivity contribution in [3.63, 3.8) is 0 Å². The minimum absolute atomic E-state index is 0.216. The van der Waals surface area contributed by atoms with Gasteiger partial charge in [-0.15, -0.1) is 0 Å². The van der Waals surface area contributed by atoms with Gasteiger partial charge in [0, 0.05) is 7.05 Å². The van der Waals surface area contributed by atoms with Crippen LogP contribution in [0, 0.1) is 27.7 Å². The second-order valence-electron chi connectivity index (χ2n) is 4.46. The quantitative estimate of drug-likeness (QED) is 0.831. The Kier molecular flexibility index (Phi) is 3.34. The van der Waals surface area contributed by atoms with E-state index in [1.54, 1.807) is 39.4 Å². The van der Waals surface area contributed by atoms with E-state index in [4.69, 9.17) is 0 Å². The zero-order chi connectivity index (χ0) is 14.5. The molecule has 0 N–H and O–H groups in total. The predicted molar refractivity (Wildman–Crippen MR) is 74.7 cm³/mol. The molecule has 0 fully saturated rings. The number of nitrogens with zero attached hydrogens (tertiary/aromatic N) is 4. The summed E-state index contributed by atoms with van der Waals surface area (Å²) in [6.45, 7) is 6.88. The van der Waals surface area contributed by atoms with Gasteiger partial charge in [-0.1, -0.05) is 0 Å². The molecule has 0 aromatic carbocycles. The first-order chi connectivity index (χ1) is 8.67. The lowest BCUT2D eigenvalue weighted by molar-refractivity contribution is 0.576. The third kappa shape index (κ3) is 2.02. The summed E-state index contributed by atoms with van der Waals surface area (Å²) in [4.78, 5) is 0.216. The van der Waals surface area contributed by atoms with Crippen molar-refractivity contribution in [1.82, 2.24) is 19.0 Å². The zero-order valence-corrected chi connectivity index (χ0v) is 13.8. The summed E-state index contributed by atoms with van der Waals surface area (Å²) in [5, 5.41) is 8.24. The fraction of sp³-hybridized carbons (Fsp3) is 0.455. The van der Waals surface area contributed by atoms with Crippen LogP contribution in [0.2, 0.25) is 0 Å². The number of hydrogen-bond donors (Lipinski definition) is 0. The molecule has 2 aromatic rings. The Morgan fingerprint density at radius 2 is 1.58 bits per heavy atom. The van der Waals surface area contributed by atoms with Crippen LogP contribution >= 0.6 is 15.9 Å². The molecule has 0 unspecified atom stereocenters. The molecule has 0 aliphatic heterocycles. The maximum Gasteiger partial charge on any atom is 0.286 e. The first kappa shape index (κ1) is 14.3. The molecule has 0 saturated carbocycles. The van der Waals surface area contributed by atoms with Gasteiger partial charge in [0.15, 0.2) is 0 Å². The first-order valence-corrected chi connectivity index (χ1v) is 7.88. The van der Waals surface area contributed by atoms with Crippen molar-refractivity contribution in [2.45, 2.75) is 32.6 Å². The molecule has 6 nitrogen and oxygen atoms in total. The summed E-state index contributed by atoms with van der Waals surface area (Å²) in [6, 6.07) is 0. The van der Waals surface area contributed by atoms with Crippen molar-refractivity contribution in [1.29, 1.82) is 0 Å². The number of hydrogen-bond acceptors (Lipinski definition) is 4. The number of rotatable bonds is 2. The van der Waals surface area contributed by atoms with Crippen LogP contribution in [0.25, 0.3) is 0 Å². The molecule has 0 saturated heterocycles. The highest BCUT2D eigenvalue weighted by molar-refractivity contribution is 9.10. The second kappa shape index (κ2) is 4.45. The smallest absolute Gasteiger partial charge is 0.271 e. The minimum atomic E-state index is -3.72. The summed E-state index contributed by atoms with van der Waals surface area (Å²) >= 11 is 3.34. The van der Waals surface area contributed by atoms with Gasteiger partial charge < -0.3 is 0 Å². The fourth-order valence-electron chi connectivity index (χ4n) is 2.05. The SMILES string of the molecule is Cc1nn(S(=O)(=O)c2c(C)nn(C)c2C)c(C)c1Br. The van der Waals surface area contributed by atoms with Crippen molar-refractivity contribution in [2.24, 2.45) is 7.05 Å². The highest BCUT2D eigenvalue weighted by Crippen LogP contribution is 2.26. The van der Waals surface area contributed by atoms with Crippen molar-refractivity contribution >= 4 is 26.0 Å². The van der Waals surface area contributed by atoms with E-state index in [1.807, 2.05) is 0 Å². The van der Waals surface area contributed by atoms with Crippen LogP contribution in [0.15, 0.2) is 9.37 Å². The van der Waals surface area contributed by atoms with E-state index in [-0.39, 0.29) is 4.90 Å². The van der Waals surface area contributed by atoms with Crippen molar-refractivity contribution in [3.05, 3.63) is 27.2 Å². The molecule has 104 valence electrons. The van der Waals surface area contributed by atoms with Gasteiger partial charge in [0.25, 0.3) is 10.0 Å². The summed E-state index contributed by atoms with van der Waals surface area (Å²) in [5.41, 5.74) is 2.27. The van der Waals surface area contributed by atoms with Crippen LogP contribution < -0.4 is 0 Å². The summed E-state index contributed by atoms with van der Waals surface area (Å²) in [6.07, 6.45) is 0. The Labute approximate surface area is 120 Å². The third-order valence-corrected chi connectivity index (χ3v) is 6.16. The normalized spacial score (nSPS) is 12.1. The van der Waals surface area contributed by atoms with E-state index >= 15 is 0 Å². The molecule has 2 heterocycles. The van der Waals surface area contributed by atoms with Gasteiger partial charge in [0.2, 0.25) is 0 Å². The van der Waals surface area contributed by atoms with Gasteiger partial charge in [-0.25, -0.2) is 0 Å². The van der Waals surface area contributed by atoms with E-state index in [1.165, 1.54) is 0 Å². The average molecular weight is 347 g/mol. The topological polar surface area (TPSA) is 69.8 Å². The predicted octanol–water partition coefficient (Wildman–Crippen LogP) is 1.85. The van der Waals surface area contributed by atoms with Crippen LogP contribution in [-0.2, 0) is 17.1 Å². The Bertz CT molecular complexity index is 758. The van der Waals surface area contributed by atoms with Gasteiger partial charge in [0.1, 0.15) is 4.90 Å². The lowest BCUT2D eigenvalue weighted by Crippen LogP contribution is -2.17. The molecule has 2 rings (SSSR count). The third-order valence-electron chi connectivity index (χ3n) is 3.09. The van der Waals surface area contributed by atoms with Crippen LogP contribution in [0.3, 0.4) is 0 Å². The van der Waals surface area contributed by atoms with Gasteiger partial charge in [-0.3, -0.25) is 4.68 Å². The molecule has 0 aliphatic rings. The van der Waals surface area contributed by atoms with Crippen LogP contribution in [-0.4, -0.2) is 27.4 Å². The number of aryl methyl sites for hydroxylation is 3. The highest BCUT2D eigenvalue weighted by atomic mass is 79.9. The molecular weight excluding hydrogens is 332 g/mol. The Balaban J connectivity index is 2.76. The maximum atomic E-state index is 12.7. The monoisotopic (exact) mass is 346 g/mol. The molecule has 0 aliphatic carbocycles. The van der Waals surface area contributed by atoms with E-state index in [9.17, 15) is 8.42 Å². The zero-order valence-electron chi connectivity index (χ0n) is 11.4. The largest absolute Gasteiger partial charge is 0.286 e. The van der Waals surface area contributed by atoms with Crippen molar-refractivity contribution in [2.75, 3.05) is 0 Å². The molecule has 8 heteroatoms. The summed E-state index contributed by atoms with van der Waals surface area (Å²) in [7, 11) is -2.00. The van der Waals surface area contributed by atoms with Crippen LogP contribution in [0.5, 0.6) is 0 Å². The molecule has 0 atom stereocenters. The fourth-order valence-corrected chi connectivity index (χ4v) is 4.19. The van der Waals surface area contributed by atoms with Gasteiger partial charge in [-0.2, -0.15) is 22.7 Å². The van der Waals surface area contributed by atoms with Gasteiger partial charge >= 0.3 is 0 Å². The number of halogens is 1. The van der Waals surface area contributed by atoms with Crippen LogP contribution in [0.1, 0.15) is 22.8 Å². The standard InChI is InChI=1S/C11H15BrN4O2S/c1-6-10(12)8(3)16(14-6)19(17,18)11-7(2)13-15(5)9(11)4/h1-5H3. The Hall–Kier alpha value is -1.15. The Morgan fingerprint density at radius 3 is 1.95 bits per heavy atom. The molecule has 0 amide bonds. The molecule has 0 radical (unpaired) electrons. The average Bonchev–Trinajstić information content (AvgIpc) is 2.71. The van der Waals surface area contributed by atoms with E-state index in [0.717, 1.165) is 4.09 Å². The van der Waals surface area contributed by atoms with E-state index < -0.39 is 10.0 Å². The molecule has 0 spiro atoms. The summed E-state index contributed by atoms with van der Waals surface area (Å²) < 4.78 is 28.7. The molecular formula is C11H15BrN4O2S. The van der Waals surface area contributed by atoms with Crippen molar-refractivity contribution in [3.8, 4) is 0 Å². The van der Waals surface area contributed by atoms with Gasteiger partial charge in [0.05, 0.1) is 27.2 Å². The highest BCUT2D eigenvalue weighted by Gasteiger charge is 2.29. The maximum absolute atomic E-state index is 12.7.